The molecule has 0 amide bonds. The van der Waals surface area contributed by atoms with Crippen LogP contribution in [0.5, 0.6) is 11.5 Å². The predicted molar refractivity (Wildman–Crippen MR) is 122 cm³/mol. The molecule has 2 aliphatic rings. The molecule has 0 unspecified atom stereocenters. The summed E-state index contributed by atoms with van der Waals surface area (Å²) in [6.07, 6.45) is 10.3. The Morgan fingerprint density at radius 1 is 1.07 bits per heavy atom. The lowest BCUT2D eigenvalue weighted by Crippen LogP contribution is -2.23. The van der Waals surface area contributed by atoms with E-state index in [0.717, 1.165) is 34.7 Å². The lowest BCUT2D eigenvalue weighted by Gasteiger charge is -2.22. The lowest BCUT2D eigenvalue weighted by molar-refractivity contribution is 0.354. The molecule has 2 aromatic rings. The molecule has 2 aromatic carbocycles. The van der Waals surface area contributed by atoms with Crippen molar-refractivity contribution >= 4 is 28.8 Å². The summed E-state index contributed by atoms with van der Waals surface area (Å²) in [6.45, 7) is 1.71. The fraction of sp³-hybridized carbons (Fsp3) is 0.167. The molecule has 1 aliphatic heterocycles. The molecule has 0 saturated heterocycles. The molecule has 29 heavy (non-hydrogen) atoms. The van der Waals surface area contributed by atoms with Gasteiger partial charge < -0.3 is 19.5 Å². The van der Waals surface area contributed by atoms with Crippen LogP contribution in [0, 0.1) is 0 Å². The third-order valence-electron chi connectivity index (χ3n) is 4.99. The highest BCUT2D eigenvalue weighted by atomic mass is 79.9. The Hall–Kier alpha value is -2.92. The molecule has 4 rings (SSSR count). The first-order valence-electron chi connectivity index (χ1n) is 9.23. The van der Waals surface area contributed by atoms with E-state index in [1.54, 1.807) is 14.2 Å². The number of halogens is 1. The van der Waals surface area contributed by atoms with Crippen molar-refractivity contribution in [3.63, 3.8) is 0 Å². The molecule has 4 nitrogen and oxygen atoms in total. The average Bonchev–Trinajstić information content (AvgIpc) is 3.03. The molecule has 0 aromatic heterocycles. The second-order valence-electron chi connectivity index (χ2n) is 6.82. The molecule has 0 radical (unpaired) electrons. The SMILES string of the molecule is Br.COc1cc2c(cc1OC)=C(O)/C(=C/C1=CCN(Cc3ccccc3)C=C1)C=2. The standard InChI is InChI=1S/C24H23NO3.BrH/c1-27-22-14-19-13-20(24(26)21(19)15-23(22)28-2)12-17-8-10-25(11-9-17)16-18-6-4-3-5-7-18;/h3-10,12-15,26H,11,16H2,1-2H3;1H/b20-12+;. The quantitative estimate of drug-likeness (QED) is 0.750. The van der Waals surface area contributed by atoms with Gasteiger partial charge in [-0.05, 0) is 46.7 Å². The van der Waals surface area contributed by atoms with Gasteiger partial charge in [-0.2, -0.15) is 0 Å². The van der Waals surface area contributed by atoms with Crippen LogP contribution in [-0.2, 0) is 6.54 Å². The normalized spacial score (nSPS) is 16.1. The maximum absolute atomic E-state index is 10.7. The van der Waals surface area contributed by atoms with Gasteiger partial charge in [-0.15, -0.1) is 17.0 Å². The van der Waals surface area contributed by atoms with Crippen molar-refractivity contribution in [3.05, 3.63) is 94.0 Å². The number of aliphatic hydroxyl groups excluding tert-OH is 1. The molecule has 0 fully saturated rings. The minimum Gasteiger partial charge on any atom is -0.507 e. The lowest BCUT2D eigenvalue weighted by atomic mass is 10.1. The van der Waals surface area contributed by atoms with Crippen molar-refractivity contribution in [3.8, 4) is 11.5 Å². The first kappa shape index (κ1) is 20.8. The zero-order valence-electron chi connectivity index (χ0n) is 16.5. The van der Waals surface area contributed by atoms with E-state index in [4.69, 9.17) is 9.47 Å². The summed E-state index contributed by atoms with van der Waals surface area (Å²) in [4.78, 5) is 2.25. The molecule has 0 spiro atoms. The fourth-order valence-corrected chi connectivity index (χ4v) is 3.49. The van der Waals surface area contributed by atoms with Crippen LogP contribution in [0.3, 0.4) is 0 Å². The van der Waals surface area contributed by atoms with E-state index in [1.165, 1.54) is 5.56 Å². The number of ether oxygens (including phenoxy) is 2. The van der Waals surface area contributed by atoms with Crippen molar-refractivity contribution in [2.45, 2.75) is 6.54 Å². The van der Waals surface area contributed by atoms with Crippen molar-refractivity contribution in [1.82, 2.24) is 4.90 Å². The van der Waals surface area contributed by atoms with Crippen molar-refractivity contribution in [1.29, 1.82) is 0 Å². The molecule has 5 heteroatoms. The number of nitrogens with zero attached hydrogens (tertiary/aromatic N) is 1. The molecule has 0 bridgehead atoms. The number of hydrogen-bond donors (Lipinski definition) is 1. The molecule has 150 valence electrons. The monoisotopic (exact) mass is 453 g/mol. The van der Waals surface area contributed by atoms with Gasteiger partial charge in [-0.25, -0.2) is 0 Å². The van der Waals surface area contributed by atoms with E-state index in [0.29, 0.717) is 11.5 Å². The van der Waals surface area contributed by atoms with Gasteiger partial charge in [0, 0.05) is 30.1 Å². The highest BCUT2D eigenvalue weighted by Crippen LogP contribution is 2.25. The van der Waals surface area contributed by atoms with Crippen LogP contribution < -0.4 is 19.9 Å². The van der Waals surface area contributed by atoms with E-state index >= 15 is 0 Å². The van der Waals surface area contributed by atoms with E-state index in [9.17, 15) is 5.11 Å². The van der Waals surface area contributed by atoms with Crippen molar-refractivity contribution < 1.29 is 14.6 Å². The zero-order chi connectivity index (χ0) is 19.5. The topological polar surface area (TPSA) is 41.9 Å². The minimum atomic E-state index is 0. The Labute approximate surface area is 181 Å². The second-order valence-corrected chi connectivity index (χ2v) is 6.82. The minimum absolute atomic E-state index is 0. The Kier molecular flexibility index (Phi) is 6.49. The van der Waals surface area contributed by atoms with Crippen LogP contribution in [-0.4, -0.2) is 30.8 Å². The van der Waals surface area contributed by atoms with Gasteiger partial charge in [0.05, 0.1) is 14.2 Å². The smallest absolute Gasteiger partial charge is 0.161 e. The maximum Gasteiger partial charge on any atom is 0.161 e. The average molecular weight is 454 g/mol. The van der Waals surface area contributed by atoms with Gasteiger partial charge in [0.2, 0.25) is 0 Å². The van der Waals surface area contributed by atoms with Crippen LogP contribution in [0.1, 0.15) is 5.56 Å². The number of allylic oxidation sites excluding steroid dienone is 3. The first-order valence-corrected chi connectivity index (χ1v) is 9.23. The summed E-state index contributed by atoms with van der Waals surface area (Å²) in [5.74, 6) is 1.52. The van der Waals surface area contributed by atoms with Crippen LogP contribution >= 0.6 is 17.0 Å². The van der Waals surface area contributed by atoms with Crippen LogP contribution in [0.4, 0.5) is 0 Å². The van der Waals surface area contributed by atoms with Gasteiger partial charge >= 0.3 is 0 Å². The summed E-state index contributed by atoms with van der Waals surface area (Å²) >= 11 is 0. The summed E-state index contributed by atoms with van der Waals surface area (Å²) in [7, 11) is 3.20. The number of methoxy groups -OCH3 is 2. The Bertz CT molecular complexity index is 1100. The van der Waals surface area contributed by atoms with Gasteiger partial charge in [0.15, 0.2) is 11.5 Å². The summed E-state index contributed by atoms with van der Waals surface area (Å²) in [5, 5.41) is 12.3. The molecule has 0 atom stereocenters. The molecule has 1 heterocycles. The van der Waals surface area contributed by atoms with E-state index in [-0.39, 0.29) is 22.7 Å². The van der Waals surface area contributed by atoms with Gasteiger partial charge in [-0.3, -0.25) is 0 Å². The largest absolute Gasteiger partial charge is 0.507 e. The third-order valence-corrected chi connectivity index (χ3v) is 4.99. The van der Waals surface area contributed by atoms with Gasteiger partial charge in [0.25, 0.3) is 0 Å². The van der Waals surface area contributed by atoms with Crippen molar-refractivity contribution in [2.75, 3.05) is 20.8 Å². The number of fused-ring (bicyclic) bond motifs is 1. The second kappa shape index (κ2) is 9.05. The maximum atomic E-state index is 10.7. The number of hydrogen-bond acceptors (Lipinski definition) is 4. The molecule has 1 aliphatic carbocycles. The van der Waals surface area contributed by atoms with Crippen molar-refractivity contribution in [2.24, 2.45) is 0 Å². The Morgan fingerprint density at radius 3 is 2.45 bits per heavy atom. The molecular formula is C24H24BrNO3. The van der Waals surface area contributed by atoms with Gasteiger partial charge in [-0.1, -0.05) is 36.4 Å². The van der Waals surface area contributed by atoms with E-state index in [2.05, 4.69) is 47.5 Å². The highest BCUT2D eigenvalue weighted by Gasteiger charge is 2.14. The molecule has 1 N–H and O–H groups in total. The van der Waals surface area contributed by atoms with Gasteiger partial charge in [0.1, 0.15) is 5.76 Å². The van der Waals surface area contributed by atoms with E-state index < -0.39 is 0 Å². The summed E-state index contributed by atoms with van der Waals surface area (Å²) in [5.41, 5.74) is 3.15. The number of rotatable bonds is 5. The molecular weight excluding hydrogens is 430 g/mol. The summed E-state index contributed by atoms with van der Waals surface area (Å²) < 4.78 is 10.7. The fourth-order valence-electron chi connectivity index (χ4n) is 3.49. The zero-order valence-corrected chi connectivity index (χ0v) is 18.2. The predicted octanol–water partition coefficient (Wildman–Crippen LogP) is 3.62. The number of benzene rings is 2. The Morgan fingerprint density at radius 2 is 1.79 bits per heavy atom. The molecule has 0 saturated carbocycles. The first-order chi connectivity index (χ1) is 13.7. The third kappa shape index (κ3) is 4.40. The number of aliphatic hydroxyl groups is 1. The highest BCUT2D eigenvalue weighted by molar-refractivity contribution is 8.93. The Balaban J connectivity index is 0.00000240. The van der Waals surface area contributed by atoms with Crippen LogP contribution in [0.25, 0.3) is 11.8 Å². The van der Waals surface area contributed by atoms with E-state index in [1.807, 2.05) is 30.4 Å². The summed E-state index contributed by atoms with van der Waals surface area (Å²) in [6, 6.07) is 14.1. The van der Waals surface area contributed by atoms with Crippen LogP contribution in [0.15, 0.2) is 78.0 Å². The van der Waals surface area contributed by atoms with Crippen LogP contribution in [0.2, 0.25) is 0 Å².